The van der Waals surface area contributed by atoms with Crippen LogP contribution in [-0.2, 0) is 34.0 Å². The Kier molecular flexibility index (Phi) is 11.1. The molecule has 1 atom stereocenters. The van der Waals surface area contributed by atoms with Gasteiger partial charge in [0, 0.05) is 6.42 Å². The number of ketones is 1. The van der Waals surface area contributed by atoms with Gasteiger partial charge < -0.3 is 10.1 Å². The van der Waals surface area contributed by atoms with Gasteiger partial charge in [-0.25, -0.2) is 4.79 Å². The molecular weight excluding hydrogens is 450 g/mol. The number of hydrogen-bond donors (Lipinski definition) is 2. The highest BCUT2D eigenvalue weighted by Gasteiger charge is 2.29. The van der Waals surface area contributed by atoms with E-state index >= 15 is 0 Å². The van der Waals surface area contributed by atoms with E-state index in [1.807, 2.05) is 0 Å². The van der Waals surface area contributed by atoms with Crippen LogP contribution in [0.5, 0.6) is 0 Å². The molecule has 31 heavy (non-hydrogen) atoms. The van der Waals surface area contributed by atoms with E-state index in [0.717, 1.165) is 0 Å². The number of rotatable bonds is 13. The average Bonchev–Trinajstić information content (AvgIpc) is 2.53. The Morgan fingerprint density at radius 2 is 1.55 bits per heavy atom. The van der Waals surface area contributed by atoms with Gasteiger partial charge in [-0.2, -0.15) is 16.8 Å². The van der Waals surface area contributed by atoms with E-state index in [2.05, 4.69) is 5.32 Å². The van der Waals surface area contributed by atoms with Gasteiger partial charge in [0.2, 0.25) is 0 Å². The number of Topliss-reactive ketones (excluding diaryl/α,β-unsaturated/α-hetero) is 1. The molecule has 0 bridgehead atoms. The van der Waals surface area contributed by atoms with Gasteiger partial charge in [0.1, 0.15) is 5.60 Å². The Hall–Kier alpha value is -1.24. The predicted molar refractivity (Wildman–Crippen MR) is 117 cm³/mol. The first-order valence-corrected chi connectivity index (χ1v) is 13.3. The van der Waals surface area contributed by atoms with Crippen molar-refractivity contribution >= 4 is 32.1 Å². The van der Waals surface area contributed by atoms with E-state index in [9.17, 15) is 26.4 Å². The fourth-order valence-electron chi connectivity index (χ4n) is 2.47. The summed E-state index contributed by atoms with van der Waals surface area (Å²) in [4.78, 5) is 24.7. The van der Waals surface area contributed by atoms with Crippen LogP contribution in [0.3, 0.4) is 0 Å². The van der Waals surface area contributed by atoms with Crippen molar-refractivity contribution in [1.29, 1.82) is 0 Å². The second kappa shape index (κ2) is 11.6. The summed E-state index contributed by atoms with van der Waals surface area (Å²) in [5.74, 6) is -1.58. The lowest BCUT2D eigenvalue weighted by Crippen LogP contribution is -2.46. The molecular formula is C19H37NO9S2. The number of carbonyl (C=O) groups is 2. The van der Waals surface area contributed by atoms with E-state index in [1.165, 1.54) is 0 Å². The van der Waals surface area contributed by atoms with Crippen LogP contribution in [0.25, 0.3) is 0 Å². The number of ether oxygens (including phenoxy) is 1. The van der Waals surface area contributed by atoms with Crippen molar-refractivity contribution in [3.8, 4) is 0 Å². The molecule has 12 heteroatoms. The number of nitrogens with one attached hydrogen (secondary N) is 1. The number of hydrogen-bond acceptors (Lipinski definition) is 8. The van der Waals surface area contributed by atoms with E-state index in [1.54, 1.807) is 48.5 Å². The molecule has 0 radical (unpaired) electrons. The lowest BCUT2D eigenvalue weighted by atomic mass is 9.86. The maximum Gasteiger partial charge on any atom is 0.408 e. The summed E-state index contributed by atoms with van der Waals surface area (Å²) in [6.07, 6.45) is -0.561. The molecule has 0 unspecified atom stereocenters. The van der Waals surface area contributed by atoms with Crippen molar-refractivity contribution in [1.82, 2.24) is 5.32 Å². The van der Waals surface area contributed by atoms with E-state index in [4.69, 9.17) is 13.5 Å². The normalized spacial score (nSPS) is 14.4. The summed E-state index contributed by atoms with van der Waals surface area (Å²) in [6, 6.07) is -0.740. The van der Waals surface area contributed by atoms with E-state index in [0.29, 0.717) is 6.42 Å². The minimum absolute atomic E-state index is 0.0950. The zero-order valence-electron chi connectivity index (χ0n) is 19.4. The highest BCUT2D eigenvalue weighted by molar-refractivity contribution is 7.87. The first kappa shape index (κ1) is 29.8. The molecule has 0 heterocycles. The largest absolute Gasteiger partial charge is 0.444 e. The third-order valence-corrected chi connectivity index (χ3v) is 6.23. The third-order valence-electron chi connectivity index (χ3n) is 4.16. The summed E-state index contributed by atoms with van der Waals surface area (Å²) in [6.45, 7) is 12.0. The van der Waals surface area contributed by atoms with Crippen LogP contribution in [0, 0.1) is 11.3 Å². The molecule has 10 nitrogen and oxygen atoms in total. The van der Waals surface area contributed by atoms with Crippen molar-refractivity contribution < 1.29 is 39.9 Å². The fraction of sp³-hybridized carbons (Fsp3) is 0.895. The Morgan fingerprint density at radius 1 is 1.00 bits per heavy atom. The number of carbonyl (C=O) groups excluding carboxylic acids is 2. The minimum atomic E-state index is -4.24. The first-order chi connectivity index (χ1) is 13.7. The van der Waals surface area contributed by atoms with Crippen LogP contribution in [0.15, 0.2) is 0 Å². The maximum absolute atomic E-state index is 12.7. The second-order valence-corrected chi connectivity index (χ2v) is 13.0. The summed E-state index contributed by atoms with van der Waals surface area (Å²) in [5, 5.41) is 2.59. The fourth-order valence-corrected chi connectivity index (χ4v) is 4.28. The molecule has 0 saturated heterocycles. The molecule has 2 N–H and O–H groups in total. The van der Waals surface area contributed by atoms with Crippen molar-refractivity contribution in [2.24, 2.45) is 11.3 Å². The quantitative estimate of drug-likeness (QED) is 0.295. The van der Waals surface area contributed by atoms with Gasteiger partial charge in [-0.1, -0.05) is 27.7 Å². The van der Waals surface area contributed by atoms with Crippen LogP contribution < -0.4 is 5.32 Å². The van der Waals surface area contributed by atoms with Gasteiger partial charge in [-0.05, 0) is 44.9 Å². The molecule has 0 aliphatic heterocycles. The Bertz CT molecular complexity index is 810. The molecule has 0 saturated carbocycles. The molecule has 0 spiro atoms. The zero-order valence-corrected chi connectivity index (χ0v) is 21.1. The maximum atomic E-state index is 12.7. The SMILES string of the molecule is CC(C)[C@H](NC(=O)OC(C)(C)C)C(=O)CCC(C)(C)COS(=O)(=O)CCCS(=O)(=O)O. The van der Waals surface area contributed by atoms with Gasteiger partial charge in [-0.3, -0.25) is 13.5 Å². The first-order valence-electron chi connectivity index (χ1n) is 10.1. The van der Waals surface area contributed by atoms with Gasteiger partial charge in [0.15, 0.2) is 5.78 Å². The lowest BCUT2D eigenvalue weighted by molar-refractivity contribution is -0.122. The van der Waals surface area contributed by atoms with Crippen LogP contribution in [0.2, 0.25) is 0 Å². The second-order valence-electron chi connectivity index (χ2n) is 9.66. The van der Waals surface area contributed by atoms with Crippen LogP contribution in [0.4, 0.5) is 4.79 Å². The summed E-state index contributed by atoms with van der Waals surface area (Å²) in [5.41, 5.74) is -1.36. The van der Waals surface area contributed by atoms with Crippen LogP contribution >= 0.6 is 0 Å². The smallest absolute Gasteiger partial charge is 0.408 e. The lowest BCUT2D eigenvalue weighted by Gasteiger charge is -2.27. The van der Waals surface area contributed by atoms with Gasteiger partial charge in [0.05, 0.1) is 24.2 Å². The van der Waals surface area contributed by atoms with E-state index < -0.39 is 54.9 Å². The Labute approximate surface area is 186 Å². The van der Waals surface area contributed by atoms with Crippen molar-refractivity contribution in [2.45, 2.75) is 79.4 Å². The summed E-state index contributed by atoms with van der Waals surface area (Å²) in [7, 11) is -8.21. The molecule has 0 aromatic carbocycles. The molecule has 0 fully saturated rings. The van der Waals surface area contributed by atoms with Crippen molar-refractivity contribution in [3.63, 3.8) is 0 Å². The zero-order chi connectivity index (χ0) is 24.7. The van der Waals surface area contributed by atoms with Gasteiger partial charge in [-0.15, -0.1) is 0 Å². The van der Waals surface area contributed by atoms with E-state index in [-0.39, 0.29) is 31.1 Å². The number of amides is 1. The van der Waals surface area contributed by atoms with Crippen LogP contribution in [-0.4, -0.2) is 63.0 Å². The molecule has 0 rings (SSSR count). The average molecular weight is 488 g/mol. The molecule has 0 aliphatic carbocycles. The Balaban J connectivity index is 4.74. The molecule has 0 aliphatic rings. The Morgan fingerprint density at radius 3 is 2.00 bits per heavy atom. The summed E-state index contributed by atoms with van der Waals surface area (Å²) < 4.78 is 64.0. The van der Waals surface area contributed by atoms with Gasteiger partial charge in [0.25, 0.3) is 20.2 Å². The highest BCUT2D eigenvalue weighted by Crippen LogP contribution is 2.25. The van der Waals surface area contributed by atoms with Crippen LogP contribution in [0.1, 0.15) is 67.7 Å². The summed E-state index contributed by atoms with van der Waals surface area (Å²) >= 11 is 0. The molecule has 0 aromatic rings. The topological polar surface area (TPSA) is 153 Å². The highest BCUT2D eigenvalue weighted by atomic mass is 32.2. The standard InChI is InChI=1S/C19H37NO9S2/c1-14(2)16(20-17(22)29-18(3,4)5)15(21)9-10-19(6,7)13-28-31(26,27)12-8-11-30(23,24)25/h14,16H,8-13H2,1-7H3,(H,20,22)(H,23,24,25)/t16-/m0/s1. The number of alkyl carbamates (subject to hydrolysis) is 1. The predicted octanol–water partition coefficient (Wildman–Crippen LogP) is 2.54. The molecule has 184 valence electrons. The monoisotopic (exact) mass is 487 g/mol. The molecule has 0 aromatic heterocycles. The minimum Gasteiger partial charge on any atom is -0.444 e. The van der Waals surface area contributed by atoms with Crippen molar-refractivity contribution in [3.05, 3.63) is 0 Å². The molecule has 1 amide bonds. The third kappa shape index (κ3) is 15.2. The van der Waals surface area contributed by atoms with Crippen molar-refractivity contribution in [2.75, 3.05) is 18.1 Å². The van der Waals surface area contributed by atoms with Gasteiger partial charge >= 0.3 is 6.09 Å².